The summed E-state index contributed by atoms with van der Waals surface area (Å²) < 4.78 is 5.78. The van der Waals surface area contributed by atoms with Crippen LogP contribution in [0.2, 0.25) is 4.34 Å². The Labute approximate surface area is 180 Å². The predicted molar refractivity (Wildman–Crippen MR) is 121 cm³/mol. The first-order valence-corrected chi connectivity index (χ1v) is 10.3. The Hall–Kier alpha value is -2.36. The summed E-state index contributed by atoms with van der Waals surface area (Å²) in [6, 6.07) is 4.95. The largest absolute Gasteiger partial charge is 0.383 e. The van der Waals surface area contributed by atoms with Crippen molar-refractivity contribution in [2.75, 3.05) is 43.0 Å². The number of hydrogen-bond acceptors (Lipinski definition) is 7. The first-order valence-electron chi connectivity index (χ1n) is 9.14. The summed E-state index contributed by atoms with van der Waals surface area (Å²) in [7, 11) is 3.36. The number of carbonyl (C=O) groups is 1. The fourth-order valence-corrected chi connectivity index (χ4v) is 3.71. The van der Waals surface area contributed by atoms with Gasteiger partial charge in [0, 0.05) is 25.4 Å². The van der Waals surface area contributed by atoms with Crippen LogP contribution in [-0.4, -0.2) is 44.0 Å². The number of hydrogen-bond donors (Lipinski definition) is 4. The number of pyridine rings is 1. The molecule has 0 saturated carbocycles. The summed E-state index contributed by atoms with van der Waals surface area (Å²) in [5, 5.41) is 16.2. The van der Waals surface area contributed by atoms with E-state index in [1.165, 1.54) is 11.3 Å². The Balaban J connectivity index is 2.36. The standard InChI is InChI=1S/C19H27ClN6O2S/c1-11(2)13-10-15(23-18(22-4)17(13)12(3)21)26(8-9-28-5)25-19(27)24-16-7-6-14(20)29-16/h6-7,10-11,21H,8-9H2,1-5H3,(H,22,23)(H2,24,25,27). The minimum Gasteiger partial charge on any atom is -0.383 e. The molecule has 0 spiro atoms. The molecular formula is C19H27ClN6O2S. The van der Waals surface area contributed by atoms with E-state index in [2.05, 4.69) is 34.9 Å². The van der Waals surface area contributed by atoms with Crippen LogP contribution in [0.25, 0.3) is 0 Å². The van der Waals surface area contributed by atoms with Crippen molar-refractivity contribution in [3.63, 3.8) is 0 Å². The van der Waals surface area contributed by atoms with Gasteiger partial charge in [0.05, 0.1) is 22.5 Å². The van der Waals surface area contributed by atoms with E-state index in [4.69, 9.17) is 21.7 Å². The van der Waals surface area contributed by atoms with Crippen LogP contribution in [0, 0.1) is 5.41 Å². The van der Waals surface area contributed by atoms with Gasteiger partial charge in [0.1, 0.15) is 11.6 Å². The number of nitrogens with one attached hydrogen (secondary N) is 4. The van der Waals surface area contributed by atoms with Gasteiger partial charge >= 0.3 is 6.03 Å². The monoisotopic (exact) mass is 438 g/mol. The molecule has 2 rings (SSSR count). The van der Waals surface area contributed by atoms with Gasteiger partial charge in [-0.05, 0) is 36.6 Å². The zero-order valence-corrected chi connectivity index (χ0v) is 18.8. The third-order valence-corrected chi connectivity index (χ3v) is 5.26. The molecule has 8 nitrogen and oxygen atoms in total. The second-order valence-corrected chi connectivity index (χ2v) is 8.35. The van der Waals surface area contributed by atoms with Gasteiger partial charge in [0.2, 0.25) is 0 Å². The molecule has 2 heterocycles. The Kier molecular flexibility index (Phi) is 8.24. The number of carbonyl (C=O) groups excluding carboxylic acids is 1. The van der Waals surface area contributed by atoms with Crippen molar-refractivity contribution in [1.29, 1.82) is 5.41 Å². The lowest BCUT2D eigenvalue weighted by Crippen LogP contribution is -2.46. The molecule has 2 aromatic rings. The number of methoxy groups -OCH3 is 1. The Morgan fingerprint density at radius 3 is 2.66 bits per heavy atom. The van der Waals surface area contributed by atoms with Crippen LogP contribution in [0.3, 0.4) is 0 Å². The highest BCUT2D eigenvalue weighted by Crippen LogP contribution is 2.29. The molecular weight excluding hydrogens is 412 g/mol. The lowest BCUT2D eigenvalue weighted by Gasteiger charge is -2.27. The topological polar surface area (TPSA) is 102 Å². The molecule has 0 aliphatic heterocycles. The van der Waals surface area contributed by atoms with Gasteiger partial charge in [-0.3, -0.25) is 10.3 Å². The molecule has 4 N–H and O–H groups in total. The zero-order chi connectivity index (χ0) is 21.6. The maximum atomic E-state index is 12.5. The molecule has 29 heavy (non-hydrogen) atoms. The van der Waals surface area contributed by atoms with Crippen molar-refractivity contribution >= 4 is 51.3 Å². The van der Waals surface area contributed by atoms with Gasteiger partial charge < -0.3 is 15.5 Å². The lowest BCUT2D eigenvalue weighted by molar-refractivity contribution is 0.202. The molecule has 0 aliphatic carbocycles. The van der Waals surface area contributed by atoms with E-state index in [1.54, 1.807) is 38.2 Å². The van der Waals surface area contributed by atoms with E-state index in [9.17, 15) is 4.79 Å². The lowest BCUT2D eigenvalue weighted by atomic mass is 9.95. The van der Waals surface area contributed by atoms with Crippen molar-refractivity contribution in [2.45, 2.75) is 26.7 Å². The van der Waals surface area contributed by atoms with Crippen LogP contribution in [0.15, 0.2) is 18.2 Å². The molecule has 0 fully saturated rings. The Morgan fingerprint density at radius 1 is 1.41 bits per heavy atom. The maximum absolute atomic E-state index is 12.5. The van der Waals surface area contributed by atoms with Crippen molar-refractivity contribution in [3.8, 4) is 0 Å². The first kappa shape index (κ1) is 22.9. The fourth-order valence-electron chi connectivity index (χ4n) is 2.77. The van der Waals surface area contributed by atoms with E-state index in [1.807, 2.05) is 6.07 Å². The van der Waals surface area contributed by atoms with E-state index in [0.717, 1.165) is 11.1 Å². The molecule has 10 heteroatoms. The molecule has 0 bridgehead atoms. The van der Waals surface area contributed by atoms with Crippen LogP contribution in [0.4, 0.5) is 21.4 Å². The average molecular weight is 439 g/mol. The van der Waals surface area contributed by atoms with Crippen LogP contribution >= 0.6 is 22.9 Å². The Morgan fingerprint density at radius 2 is 2.14 bits per heavy atom. The maximum Gasteiger partial charge on any atom is 0.338 e. The quantitative estimate of drug-likeness (QED) is 0.340. The van der Waals surface area contributed by atoms with Gasteiger partial charge in [-0.2, -0.15) is 0 Å². The number of anilines is 3. The summed E-state index contributed by atoms with van der Waals surface area (Å²) in [5.41, 5.74) is 4.99. The zero-order valence-electron chi connectivity index (χ0n) is 17.2. The van der Waals surface area contributed by atoms with Gasteiger partial charge in [0.15, 0.2) is 0 Å². The molecule has 0 unspecified atom stereocenters. The third-order valence-electron chi connectivity index (χ3n) is 4.11. The SMILES string of the molecule is CNc1nc(N(CCOC)NC(=O)Nc2ccc(Cl)s2)cc(C(C)C)c1C(C)=N. The van der Waals surface area contributed by atoms with Crippen LogP contribution in [0.5, 0.6) is 0 Å². The number of rotatable bonds is 9. The molecule has 2 aromatic heterocycles. The molecule has 0 saturated heterocycles. The van der Waals surface area contributed by atoms with Crippen LogP contribution in [0.1, 0.15) is 37.8 Å². The van der Waals surface area contributed by atoms with Crippen LogP contribution < -0.4 is 21.1 Å². The number of amides is 2. The molecule has 0 radical (unpaired) electrons. The second kappa shape index (κ2) is 10.4. The third kappa shape index (κ3) is 6.06. The van der Waals surface area contributed by atoms with Gasteiger partial charge in [0.25, 0.3) is 0 Å². The van der Waals surface area contributed by atoms with Gasteiger partial charge in [-0.25, -0.2) is 15.2 Å². The average Bonchev–Trinajstić information content (AvgIpc) is 3.08. The summed E-state index contributed by atoms with van der Waals surface area (Å²) in [5.74, 6) is 1.32. The summed E-state index contributed by atoms with van der Waals surface area (Å²) in [4.78, 5) is 17.1. The normalized spacial score (nSPS) is 10.7. The number of hydrazine groups is 1. The van der Waals surface area contributed by atoms with Gasteiger partial charge in [-0.1, -0.05) is 25.4 Å². The smallest absolute Gasteiger partial charge is 0.338 e. The van der Waals surface area contributed by atoms with Crippen molar-refractivity contribution in [2.24, 2.45) is 0 Å². The number of nitrogens with zero attached hydrogens (tertiary/aromatic N) is 2. The van der Waals surface area contributed by atoms with E-state index < -0.39 is 6.03 Å². The fraction of sp³-hybridized carbons (Fsp3) is 0.421. The number of ether oxygens (including phenoxy) is 1. The molecule has 0 atom stereocenters. The van der Waals surface area contributed by atoms with E-state index in [-0.39, 0.29) is 5.92 Å². The summed E-state index contributed by atoms with van der Waals surface area (Å²) >= 11 is 7.20. The van der Waals surface area contributed by atoms with E-state index in [0.29, 0.717) is 39.8 Å². The van der Waals surface area contributed by atoms with Crippen molar-refractivity contribution in [3.05, 3.63) is 33.7 Å². The second-order valence-electron chi connectivity index (χ2n) is 6.64. The van der Waals surface area contributed by atoms with Crippen molar-refractivity contribution < 1.29 is 9.53 Å². The summed E-state index contributed by atoms with van der Waals surface area (Å²) in [6.07, 6.45) is 0. The van der Waals surface area contributed by atoms with Gasteiger partial charge in [-0.15, -0.1) is 11.3 Å². The number of urea groups is 1. The molecule has 0 aliphatic rings. The highest BCUT2D eigenvalue weighted by Gasteiger charge is 2.20. The van der Waals surface area contributed by atoms with Crippen LogP contribution in [-0.2, 0) is 4.74 Å². The predicted octanol–water partition coefficient (Wildman–Crippen LogP) is 4.54. The van der Waals surface area contributed by atoms with Crippen molar-refractivity contribution in [1.82, 2.24) is 10.4 Å². The molecule has 158 valence electrons. The highest BCUT2D eigenvalue weighted by atomic mass is 35.5. The van der Waals surface area contributed by atoms with E-state index >= 15 is 0 Å². The minimum absolute atomic E-state index is 0.172. The Bertz CT molecular complexity index is 870. The molecule has 0 aromatic carbocycles. The molecule has 2 amide bonds. The number of thiophene rings is 1. The number of aromatic nitrogens is 1. The minimum atomic E-state index is -0.411. The summed E-state index contributed by atoms with van der Waals surface area (Å²) in [6.45, 7) is 6.65. The first-order chi connectivity index (χ1) is 13.8. The highest BCUT2D eigenvalue weighted by molar-refractivity contribution is 7.20. The number of halogens is 1.